The van der Waals surface area contributed by atoms with Gasteiger partial charge in [-0.1, -0.05) is 12.1 Å². The maximum atomic E-state index is 11.1. The van der Waals surface area contributed by atoms with E-state index in [0.29, 0.717) is 5.56 Å². The first kappa shape index (κ1) is 13.3. The second-order valence-corrected chi connectivity index (χ2v) is 6.15. The van der Waals surface area contributed by atoms with E-state index in [1.165, 1.54) is 15.8 Å². The standard InChI is InChI=1S/C16H12ClNOS/c1-9-7-13-14(8-10(9)2)20-16(18-13)12-5-3-11(4-6-12)15(17)19/h3-8H,1-2H3. The van der Waals surface area contributed by atoms with Gasteiger partial charge in [-0.15, -0.1) is 11.3 Å². The van der Waals surface area contributed by atoms with E-state index in [1.54, 1.807) is 23.5 Å². The topological polar surface area (TPSA) is 30.0 Å². The van der Waals surface area contributed by atoms with Crippen molar-refractivity contribution in [1.82, 2.24) is 4.98 Å². The average Bonchev–Trinajstić information content (AvgIpc) is 2.82. The van der Waals surface area contributed by atoms with Gasteiger partial charge in [0.25, 0.3) is 5.24 Å². The Bertz CT molecular complexity index is 766. The summed E-state index contributed by atoms with van der Waals surface area (Å²) in [5, 5.41) is 0.519. The van der Waals surface area contributed by atoms with Crippen LogP contribution in [0.4, 0.5) is 0 Å². The molecule has 3 aromatic rings. The number of aryl methyl sites for hydroxylation is 2. The number of halogens is 1. The second-order valence-electron chi connectivity index (χ2n) is 4.77. The van der Waals surface area contributed by atoms with E-state index < -0.39 is 5.24 Å². The number of hydrogen-bond acceptors (Lipinski definition) is 3. The Hall–Kier alpha value is -1.71. The highest BCUT2D eigenvalue weighted by molar-refractivity contribution is 7.21. The number of carbonyl (C=O) groups is 1. The van der Waals surface area contributed by atoms with E-state index in [2.05, 4.69) is 31.0 Å². The van der Waals surface area contributed by atoms with Crippen LogP contribution in [0.2, 0.25) is 0 Å². The number of hydrogen-bond donors (Lipinski definition) is 0. The Morgan fingerprint density at radius 3 is 2.40 bits per heavy atom. The molecule has 0 spiro atoms. The number of benzene rings is 2. The number of fused-ring (bicyclic) bond motifs is 1. The summed E-state index contributed by atoms with van der Waals surface area (Å²) >= 11 is 7.11. The summed E-state index contributed by atoms with van der Waals surface area (Å²) in [6.45, 7) is 4.20. The van der Waals surface area contributed by atoms with E-state index in [-0.39, 0.29) is 0 Å². The molecule has 2 nitrogen and oxygen atoms in total. The molecule has 0 aliphatic rings. The molecular weight excluding hydrogens is 290 g/mol. The minimum absolute atomic E-state index is 0.438. The zero-order chi connectivity index (χ0) is 14.3. The molecule has 0 bridgehead atoms. The van der Waals surface area contributed by atoms with E-state index >= 15 is 0 Å². The van der Waals surface area contributed by atoms with Crippen molar-refractivity contribution in [2.75, 3.05) is 0 Å². The van der Waals surface area contributed by atoms with Gasteiger partial charge in [0.1, 0.15) is 5.01 Å². The molecule has 1 heterocycles. The molecule has 20 heavy (non-hydrogen) atoms. The smallest absolute Gasteiger partial charge is 0.252 e. The number of aromatic nitrogens is 1. The Morgan fingerprint density at radius 1 is 1.10 bits per heavy atom. The van der Waals surface area contributed by atoms with E-state index in [1.807, 2.05) is 12.1 Å². The molecule has 4 heteroatoms. The molecule has 100 valence electrons. The number of nitrogens with zero attached hydrogens (tertiary/aromatic N) is 1. The Morgan fingerprint density at radius 2 is 1.75 bits per heavy atom. The van der Waals surface area contributed by atoms with E-state index in [9.17, 15) is 4.79 Å². The molecule has 0 aliphatic carbocycles. The van der Waals surface area contributed by atoms with Gasteiger partial charge < -0.3 is 0 Å². The Balaban J connectivity index is 2.07. The average molecular weight is 302 g/mol. The van der Waals surface area contributed by atoms with Crippen LogP contribution in [-0.2, 0) is 0 Å². The third-order valence-corrected chi connectivity index (χ3v) is 4.65. The summed E-state index contributed by atoms with van der Waals surface area (Å²) in [5.41, 5.74) is 5.05. The molecule has 0 unspecified atom stereocenters. The van der Waals surface area contributed by atoms with Gasteiger partial charge in [0.15, 0.2) is 0 Å². The molecule has 0 aliphatic heterocycles. The molecular formula is C16H12ClNOS. The van der Waals surface area contributed by atoms with Crippen molar-refractivity contribution in [3.8, 4) is 10.6 Å². The monoisotopic (exact) mass is 301 g/mol. The van der Waals surface area contributed by atoms with Crippen LogP contribution in [0.25, 0.3) is 20.8 Å². The lowest BCUT2D eigenvalue weighted by atomic mass is 10.1. The normalized spacial score (nSPS) is 10.9. The van der Waals surface area contributed by atoms with Gasteiger partial charge in [-0.05, 0) is 60.8 Å². The van der Waals surface area contributed by atoms with E-state index in [4.69, 9.17) is 11.6 Å². The van der Waals surface area contributed by atoms with Crippen molar-refractivity contribution in [3.05, 3.63) is 53.1 Å². The van der Waals surface area contributed by atoms with Gasteiger partial charge in [-0.2, -0.15) is 0 Å². The zero-order valence-corrected chi connectivity index (χ0v) is 12.7. The molecule has 1 aromatic heterocycles. The van der Waals surface area contributed by atoms with Crippen molar-refractivity contribution >= 4 is 38.4 Å². The van der Waals surface area contributed by atoms with Crippen LogP contribution in [-0.4, -0.2) is 10.2 Å². The Kier molecular flexibility index (Phi) is 3.32. The fourth-order valence-corrected chi connectivity index (χ4v) is 3.22. The summed E-state index contributed by atoms with van der Waals surface area (Å²) in [4.78, 5) is 15.7. The van der Waals surface area contributed by atoms with Crippen LogP contribution < -0.4 is 0 Å². The predicted molar refractivity (Wildman–Crippen MR) is 84.7 cm³/mol. The van der Waals surface area contributed by atoms with E-state index in [0.717, 1.165) is 16.1 Å². The quantitative estimate of drug-likeness (QED) is 0.626. The highest BCUT2D eigenvalue weighted by Gasteiger charge is 2.09. The fraction of sp³-hybridized carbons (Fsp3) is 0.125. The second kappa shape index (κ2) is 5.00. The summed E-state index contributed by atoms with van der Waals surface area (Å²) in [7, 11) is 0. The first-order chi connectivity index (χ1) is 9.54. The van der Waals surface area contributed by atoms with Gasteiger partial charge in [-0.25, -0.2) is 4.98 Å². The highest BCUT2D eigenvalue weighted by Crippen LogP contribution is 2.31. The number of rotatable bonds is 2. The molecule has 0 atom stereocenters. The minimum Gasteiger partial charge on any atom is -0.276 e. The Labute approximate surface area is 126 Å². The minimum atomic E-state index is -0.438. The fourth-order valence-electron chi connectivity index (χ4n) is 2.05. The van der Waals surface area contributed by atoms with Crippen LogP contribution in [0.5, 0.6) is 0 Å². The largest absolute Gasteiger partial charge is 0.276 e. The number of thiazole rings is 1. The van der Waals surface area contributed by atoms with Gasteiger partial charge in [-0.3, -0.25) is 4.79 Å². The SMILES string of the molecule is Cc1cc2nc(-c3ccc(C(=O)Cl)cc3)sc2cc1C. The van der Waals surface area contributed by atoms with Crippen LogP contribution >= 0.6 is 22.9 Å². The lowest BCUT2D eigenvalue weighted by molar-refractivity contribution is 0.108. The van der Waals surface area contributed by atoms with Crippen molar-refractivity contribution in [1.29, 1.82) is 0 Å². The van der Waals surface area contributed by atoms with Crippen LogP contribution in [0.15, 0.2) is 36.4 Å². The summed E-state index contributed by atoms with van der Waals surface area (Å²) in [6.07, 6.45) is 0. The predicted octanol–water partition coefficient (Wildman–Crippen LogP) is 4.96. The molecule has 2 aromatic carbocycles. The van der Waals surface area contributed by atoms with Gasteiger partial charge in [0, 0.05) is 11.1 Å². The van der Waals surface area contributed by atoms with Crippen molar-refractivity contribution < 1.29 is 4.79 Å². The molecule has 0 amide bonds. The number of carbonyl (C=O) groups excluding carboxylic acids is 1. The first-order valence-corrected chi connectivity index (χ1v) is 7.42. The first-order valence-electron chi connectivity index (χ1n) is 6.22. The van der Waals surface area contributed by atoms with Crippen molar-refractivity contribution in [2.24, 2.45) is 0 Å². The highest BCUT2D eigenvalue weighted by atomic mass is 35.5. The zero-order valence-electron chi connectivity index (χ0n) is 11.1. The maximum Gasteiger partial charge on any atom is 0.252 e. The summed E-state index contributed by atoms with van der Waals surface area (Å²) in [5.74, 6) is 0. The van der Waals surface area contributed by atoms with Gasteiger partial charge in [0.2, 0.25) is 0 Å². The van der Waals surface area contributed by atoms with Crippen molar-refractivity contribution in [2.45, 2.75) is 13.8 Å². The molecule has 0 radical (unpaired) electrons. The lowest BCUT2D eigenvalue weighted by Crippen LogP contribution is -1.87. The molecule has 0 N–H and O–H groups in total. The third-order valence-electron chi connectivity index (χ3n) is 3.36. The van der Waals surface area contributed by atoms with Gasteiger partial charge >= 0.3 is 0 Å². The molecule has 0 fully saturated rings. The summed E-state index contributed by atoms with van der Waals surface area (Å²) < 4.78 is 1.18. The maximum absolute atomic E-state index is 11.1. The molecule has 3 rings (SSSR count). The molecule has 0 saturated heterocycles. The van der Waals surface area contributed by atoms with Crippen LogP contribution in [0, 0.1) is 13.8 Å². The summed E-state index contributed by atoms with van der Waals surface area (Å²) in [6, 6.07) is 11.5. The van der Waals surface area contributed by atoms with Crippen LogP contribution in [0.1, 0.15) is 21.5 Å². The molecule has 0 saturated carbocycles. The van der Waals surface area contributed by atoms with Crippen molar-refractivity contribution in [3.63, 3.8) is 0 Å². The van der Waals surface area contributed by atoms with Gasteiger partial charge in [0.05, 0.1) is 10.2 Å². The lowest BCUT2D eigenvalue weighted by Gasteiger charge is -1.97. The van der Waals surface area contributed by atoms with Crippen LogP contribution in [0.3, 0.4) is 0 Å². The third kappa shape index (κ3) is 2.35.